The molecule has 0 atom stereocenters. The number of hydrogen-bond donors (Lipinski definition) is 7. The molecule has 174 valence electrons. The molecule has 0 spiro atoms. The van der Waals surface area contributed by atoms with Crippen LogP contribution in [0.25, 0.3) is 0 Å². The number of phenols is 2. The molecule has 0 fully saturated rings. The average Bonchev–Trinajstić information content (AvgIpc) is 2.76. The summed E-state index contributed by atoms with van der Waals surface area (Å²) in [5, 5.41) is 26.6. The summed E-state index contributed by atoms with van der Waals surface area (Å²) < 4.78 is 0. The average molecular weight is 455 g/mol. The van der Waals surface area contributed by atoms with Crippen LogP contribution in [0.5, 0.6) is 11.5 Å². The van der Waals surface area contributed by atoms with Crippen LogP contribution >= 0.6 is 0 Å². The van der Waals surface area contributed by atoms with Crippen molar-refractivity contribution in [3.63, 3.8) is 0 Å². The Morgan fingerprint density at radius 1 is 0.818 bits per heavy atom. The molecule has 33 heavy (non-hydrogen) atoms. The molecule has 3 amide bonds. The van der Waals surface area contributed by atoms with Gasteiger partial charge >= 0.3 is 6.03 Å². The smallest absolute Gasteiger partial charge is 0.319 e. The lowest BCUT2D eigenvalue weighted by atomic mass is 10.1. The van der Waals surface area contributed by atoms with Gasteiger partial charge in [-0.25, -0.2) is 15.8 Å². The number of amides is 3. The number of hydrogen-bond acceptors (Lipinski definition) is 8. The van der Waals surface area contributed by atoms with Crippen molar-refractivity contribution in [3.05, 3.63) is 35.4 Å². The summed E-state index contributed by atoms with van der Waals surface area (Å²) in [4.78, 5) is 31.1. The molecule has 2 aromatic rings. The zero-order chi connectivity index (χ0) is 25.0. The highest BCUT2D eigenvalue weighted by molar-refractivity contribution is 5.91. The van der Waals surface area contributed by atoms with Crippen molar-refractivity contribution in [1.29, 1.82) is 0 Å². The Kier molecular flexibility index (Phi) is 10.1. The van der Waals surface area contributed by atoms with Gasteiger partial charge in [0.15, 0.2) is 0 Å². The number of carbonyl (C=O) groups is 2. The minimum absolute atomic E-state index is 0.0658. The number of rotatable bonds is 6. The number of benzene rings is 2. The van der Waals surface area contributed by atoms with Crippen molar-refractivity contribution in [3.8, 4) is 36.6 Å². The topological polar surface area (TPSA) is 153 Å². The van der Waals surface area contributed by atoms with Crippen LogP contribution in [0.3, 0.4) is 0 Å². The van der Waals surface area contributed by atoms with E-state index >= 15 is 0 Å². The minimum atomic E-state index is -0.416. The van der Waals surface area contributed by atoms with E-state index in [2.05, 4.69) is 36.6 Å². The zero-order valence-corrected chi connectivity index (χ0v) is 18.5. The van der Waals surface area contributed by atoms with E-state index in [9.17, 15) is 19.8 Å². The highest BCUT2D eigenvalue weighted by atomic mass is 16.6. The lowest BCUT2D eigenvalue weighted by Gasteiger charge is -2.11. The van der Waals surface area contributed by atoms with E-state index in [0.29, 0.717) is 22.7 Å². The van der Waals surface area contributed by atoms with Gasteiger partial charge in [0, 0.05) is 26.1 Å². The van der Waals surface area contributed by atoms with Crippen LogP contribution < -0.4 is 26.9 Å². The molecule has 0 unspecified atom stereocenters. The molecule has 11 heteroatoms. The minimum Gasteiger partial charge on any atom is -0.506 e. The highest BCUT2D eigenvalue weighted by Crippen LogP contribution is 2.31. The molecule has 0 bridgehead atoms. The van der Waals surface area contributed by atoms with Gasteiger partial charge in [-0.1, -0.05) is 12.8 Å². The Bertz CT molecular complexity index is 1090. The van der Waals surface area contributed by atoms with Gasteiger partial charge in [0.2, 0.25) is 5.91 Å². The second kappa shape index (κ2) is 12.7. The van der Waals surface area contributed by atoms with Gasteiger partial charge in [-0.3, -0.25) is 4.79 Å². The third-order valence-electron chi connectivity index (χ3n) is 3.91. The first-order valence-electron chi connectivity index (χ1n) is 9.31. The van der Waals surface area contributed by atoms with Gasteiger partial charge in [-0.15, -0.1) is 0 Å². The Morgan fingerprint density at radius 2 is 1.24 bits per heavy atom. The Morgan fingerprint density at radius 3 is 1.61 bits per heavy atom. The van der Waals surface area contributed by atoms with Crippen molar-refractivity contribution in [2.45, 2.75) is 20.8 Å². The number of urea groups is 1. The monoisotopic (exact) mass is 455 g/mol. The molecule has 0 saturated carbocycles. The largest absolute Gasteiger partial charge is 0.506 e. The van der Waals surface area contributed by atoms with E-state index in [-0.39, 0.29) is 17.4 Å². The Balaban J connectivity index is 0.000000331. The second-order valence-electron chi connectivity index (χ2n) is 6.40. The summed E-state index contributed by atoms with van der Waals surface area (Å²) in [6.45, 7) is 4.92. The van der Waals surface area contributed by atoms with Crippen molar-refractivity contribution in [1.82, 2.24) is 5.32 Å². The summed E-state index contributed by atoms with van der Waals surface area (Å²) in [7, 11) is 1.48. The lowest BCUT2D eigenvalue weighted by molar-refractivity contribution is -0.114. The van der Waals surface area contributed by atoms with Crippen LogP contribution in [0.15, 0.2) is 24.3 Å². The summed E-state index contributed by atoms with van der Waals surface area (Å²) in [6, 6.07) is 5.60. The molecule has 0 aliphatic rings. The maximum atomic E-state index is 11.1. The number of carbonyl (C=O) groups excluding carboxylic acids is 2. The number of terminal acetylenes is 2. The molecule has 2 rings (SSSR count). The highest BCUT2D eigenvalue weighted by Gasteiger charge is 2.09. The van der Waals surface area contributed by atoms with Gasteiger partial charge in [0.1, 0.15) is 23.7 Å². The summed E-state index contributed by atoms with van der Waals surface area (Å²) >= 11 is 0. The third kappa shape index (κ3) is 8.39. The predicted molar refractivity (Wildman–Crippen MR) is 125 cm³/mol. The first-order valence-corrected chi connectivity index (χ1v) is 9.31. The standard InChI is InChI=1S/C11H13N3O3.C11H12N2O3/c1-4-17-14-8-6-10(15)9(5-7(8)2)13-11(16)12-3;1-4-16-13-9-6-11(15)10(5-7(9)2)12-8(3)14/h1,5-6,14-15H,2-3H3,(H2,12,13,16);1,5-6,13,15H,2-3H3,(H,12,14). The van der Waals surface area contributed by atoms with Crippen molar-refractivity contribution in [2.75, 3.05) is 28.6 Å². The first-order chi connectivity index (χ1) is 15.6. The van der Waals surface area contributed by atoms with Crippen molar-refractivity contribution < 1.29 is 29.5 Å². The van der Waals surface area contributed by atoms with Gasteiger partial charge in [-0.2, -0.15) is 0 Å². The van der Waals surface area contributed by atoms with E-state index in [1.54, 1.807) is 26.0 Å². The van der Waals surface area contributed by atoms with E-state index in [1.165, 1.54) is 26.1 Å². The van der Waals surface area contributed by atoms with Gasteiger partial charge in [-0.05, 0) is 37.1 Å². The van der Waals surface area contributed by atoms with Gasteiger partial charge in [0.05, 0.1) is 22.7 Å². The molecular formula is C22H25N5O6. The van der Waals surface area contributed by atoms with E-state index < -0.39 is 6.03 Å². The third-order valence-corrected chi connectivity index (χ3v) is 3.91. The SMILES string of the molecule is C#CONc1cc(O)c(NC(=O)NC)cc1C.C#CONc1cc(O)c(NC(C)=O)cc1C. The fraction of sp³-hybridized carbons (Fsp3) is 0.182. The second-order valence-corrected chi connectivity index (χ2v) is 6.40. The van der Waals surface area contributed by atoms with E-state index in [0.717, 1.165) is 11.1 Å². The van der Waals surface area contributed by atoms with E-state index in [4.69, 9.17) is 12.8 Å². The molecule has 7 N–H and O–H groups in total. The van der Waals surface area contributed by atoms with Crippen LogP contribution in [0.4, 0.5) is 27.5 Å². The fourth-order valence-electron chi connectivity index (χ4n) is 2.36. The predicted octanol–water partition coefficient (Wildman–Crippen LogP) is 2.98. The van der Waals surface area contributed by atoms with Crippen LogP contribution in [0, 0.1) is 38.9 Å². The normalized spacial score (nSPS) is 9.03. The summed E-state index contributed by atoms with van der Waals surface area (Å²) in [5.74, 6) is -0.415. The molecule has 0 saturated heterocycles. The molecule has 0 heterocycles. The quantitative estimate of drug-likeness (QED) is 0.199. The van der Waals surface area contributed by atoms with E-state index in [1.807, 2.05) is 12.2 Å². The van der Waals surface area contributed by atoms with Crippen LogP contribution in [0.1, 0.15) is 18.1 Å². The number of phenolic OH excluding ortho intramolecular Hbond substituents is 2. The number of nitrogens with one attached hydrogen (secondary N) is 5. The molecule has 0 radical (unpaired) electrons. The van der Waals surface area contributed by atoms with Crippen molar-refractivity contribution >= 4 is 34.7 Å². The molecule has 11 nitrogen and oxygen atoms in total. The maximum absolute atomic E-state index is 11.1. The lowest BCUT2D eigenvalue weighted by Crippen LogP contribution is -2.24. The van der Waals surface area contributed by atoms with Crippen molar-refractivity contribution in [2.24, 2.45) is 0 Å². The molecule has 0 aliphatic carbocycles. The van der Waals surface area contributed by atoms with Crippen LogP contribution in [0.2, 0.25) is 0 Å². The van der Waals surface area contributed by atoms with Gasteiger partial charge < -0.3 is 35.8 Å². The van der Waals surface area contributed by atoms with Gasteiger partial charge in [0.25, 0.3) is 0 Å². The van der Waals surface area contributed by atoms with Crippen LogP contribution in [-0.2, 0) is 14.5 Å². The molecule has 2 aromatic carbocycles. The first kappa shape index (κ1) is 26.1. The number of aromatic hydroxyl groups is 2. The Hall–Kier alpha value is -4.90. The molecular weight excluding hydrogens is 430 g/mol. The fourth-order valence-corrected chi connectivity index (χ4v) is 2.36. The molecule has 0 aromatic heterocycles. The molecule has 0 aliphatic heterocycles. The van der Waals surface area contributed by atoms with Crippen LogP contribution in [-0.4, -0.2) is 29.2 Å². The number of anilines is 4. The maximum Gasteiger partial charge on any atom is 0.319 e. The zero-order valence-electron chi connectivity index (χ0n) is 18.5. The summed E-state index contributed by atoms with van der Waals surface area (Å²) in [6.07, 6.45) is 13.7. The summed E-state index contributed by atoms with van der Waals surface area (Å²) in [5.41, 5.74) is 8.17. The number of aryl methyl sites for hydroxylation is 2. The Labute approximate surface area is 191 Å².